The van der Waals surface area contributed by atoms with Gasteiger partial charge in [-0.25, -0.2) is 0 Å². The average Bonchev–Trinajstić information content (AvgIpc) is 1.64. The first kappa shape index (κ1) is 81.5. The van der Waals surface area contributed by atoms with Crippen LogP contribution in [0, 0.1) is 0 Å². The Morgan fingerprint density at radius 2 is 0.568 bits per heavy atom. The average molecular weight is 1610 g/mol. The predicted octanol–water partition coefficient (Wildman–Crippen LogP) is 21.3. The molecule has 4 nitrogen and oxygen atoms in total. The van der Waals surface area contributed by atoms with Gasteiger partial charge < -0.3 is 14.8 Å². The minimum Gasteiger partial charge on any atom is -0.496 e. The van der Waals surface area contributed by atoms with E-state index in [9.17, 15) is 4.79 Å². The molecule has 9 heteroatoms. The number of methoxy groups -OCH3 is 1. The largest absolute Gasteiger partial charge is 0.496 e. The van der Waals surface area contributed by atoms with Crippen molar-refractivity contribution in [3.05, 3.63) is 441 Å². The van der Waals surface area contributed by atoms with E-state index in [1.165, 1.54) is 63.7 Å². The number of carbonyl (C=O) groups excluding carboxylic acids is 1. The molecule has 0 aliphatic carbocycles. The molecule has 1 aliphatic rings. The van der Waals surface area contributed by atoms with Crippen molar-refractivity contribution >= 4 is 119 Å². The summed E-state index contributed by atoms with van der Waals surface area (Å²) >= 11 is 0. The maximum atomic E-state index is 13.0. The number of carbonyl (C=O) groups is 1. The Labute approximate surface area is 677 Å². The number of hydrogen-bond acceptors (Lipinski definition) is 3. The number of fused-ring (bicyclic) bond motifs is 1. The van der Waals surface area contributed by atoms with Crippen LogP contribution in [-0.2, 0) is 25.2 Å². The molecular formula is C102H93NO3P4Pd. The van der Waals surface area contributed by atoms with Crippen molar-refractivity contribution in [2.45, 2.75) is 46.5 Å². The van der Waals surface area contributed by atoms with Crippen LogP contribution in [-0.4, -0.2) is 19.6 Å². The summed E-state index contributed by atoms with van der Waals surface area (Å²) in [6.07, 6.45) is 1.99. The molecule has 15 aromatic rings. The Bertz CT molecular complexity index is 4400. The zero-order valence-electron chi connectivity index (χ0n) is 63.6. The van der Waals surface area contributed by atoms with Crippen molar-refractivity contribution in [3.63, 3.8) is 0 Å². The second kappa shape index (κ2) is 42.6. The number of amides is 1. The second-order valence-corrected chi connectivity index (χ2v) is 35.5. The molecular weight excluding hydrogens is 1520 g/mol. The van der Waals surface area contributed by atoms with Gasteiger partial charge in [-0.2, -0.15) is 0 Å². The maximum absolute atomic E-state index is 13.0. The Balaban J connectivity index is 0.000000141. The van der Waals surface area contributed by atoms with Gasteiger partial charge in [0.05, 0.1) is 13.7 Å². The molecule has 0 bridgehead atoms. The molecule has 15 aromatic carbocycles. The fourth-order valence-corrected chi connectivity index (χ4v) is 22.4. The van der Waals surface area contributed by atoms with E-state index >= 15 is 0 Å². The minimum absolute atomic E-state index is 0. The standard InChI is InChI=1S/C30H33NO3.4C18H15P.Pd/c1-7-34-23-10-8-9-21(16-23)22-11-12-24-27(30(32)31-28(24)17-22)15-20-13-25(18(2)3)29(33-6)26(14-20)19(4)5;4*1-4-10-16(11-5-1)19(17-12-6-2-7-13-17)18-14-8-3-9-15-18;/h8-19H,7H2,1-6H3,(H,31,32);4*1-15H;. The molecule has 1 heterocycles. The smallest absolute Gasteiger partial charge is 0.256 e. The Morgan fingerprint density at radius 1 is 0.315 bits per heavy atom. The number of ether oxygens (including phenoxy) is 2. The summed E-state index contributed by atoms with van der Waals surface area (Å²) < 4.78 is 11.4. The summed E-state index contributed by atoms with van der Waals surface area (Å²) in [5.41, 5.74) is 7.85. The van der Waals surface area contributed by atoms with Crippen LogP contribution in [0.15, 0.2) is 419 Å². The van der Waals surface area contributed by atoms with Crippen LogP contribution in [0.4, 0.5) is 5.69 Å². The minimum atomic E-state index is -0.446. The van der Waals surface area contributed by atoms with Gasteiger partial charge in [0.15, 0.2) is 0 Å². The normalized spacial score (nSPS) is 11.5. The summed E-state index contributed by atoms with van der Waals surface area (Å²) in [7, 11) is -0.0542. The molecule has 0 aromatic heterocycles. The van der Waals surface area contributed by atoms with Crippen molar-refractivity contribution in [1.29, 1.82) is 0 Å². The fraction of sp³-hybridized carbons (Fsp3) is 0.0882. The quantitative estimate of drug-likeness (QED) is 0.0499. The van der Waals surface area contributed by atoms with Crippen LogP contribution in [0.25, 0.3) is 22.8 Å². The van der Waals surface area contributed by atoms with E-state index in [2.05, 4.69) is 421 Å². The van der Waals surface area contributed by atoms with Crippen LogP contribution in [0.1, 0.15) is 68.7 Å². The van der Waals surface area contributed by atoms with E-state index in [4.69, 9.17) is 9.47 Å². The number of nitrogens with one attached hydrogen (secondary N) is 1. The van der Waals surface area contributed by atoms with E-state index in [1.54, 1.807) is 7.11 Å². The van der Waals surface area contributed by atoms with Gasteiger partial charge >= 0.3 is 0 Å². The Kier molecular flexibility index (Phi) is 31.3. The predicted molar refractivity (Wildman–Crippen MR) is 481 cm³/mol. The van der Waals surface area contributed by atoms with E-state index in [1.807, 2.05) is 43.3 Å². The first-order valence-electron chi connectivity index (χ1n) is 37.6. The first-order valence-corrected chi connectivity index (χ1v) is 42.9. The van der Waals surface area contributed by atoms with Crippen molar-refractivity contribution < 1.29 is 34.7 Å². The second-order valence-electron chi connectivity index (χ2n) is 26.6. The zero-order valence-corrected chi connectivity index (χ0v) is 68.7. The Hall–Kier alpha value is -10.5. The van der Waals surface area contributed by atoms with Gasteiger partial charge in [0.25, 0.3) is 5.91 Å². The van der Waals surface area contributed by atoms with Gasteiger partial charge in [-0.1, -0.05) is 416 Å². The van der Waals surface area contributed by atoms with Gasteiger partial charge in [0.1, 0.15) is 11.5 Å². The van der Waals surface area contributed by atoms with Gasteiger partial charge in [0.2, 0.25) is 0 Å². The van der Waals surface area contributed by atoms with E-state index < -0.39 is 31.7 Å². The topological polar surface area (TPSA) is 47.6 Å². The molecule has 1 N–H and O–H groups in total. The molecule has 0 radical (unpaired) electrons. The van der Waals surface area contributed by atoms with Crippen molar-refractivity contribution in [2.24, 2.45) is 0 Å². The van der Waals surface area contributed by atoms with Crippen LogP contribution in [0.3, 0.4) is 0 Å². The molecule has 0 atom stereocenters. The summed E-state index contributed by atoms with van der Waals surface area (Å²) in [6, 6.07) is 148. The molecule has 16 rings (SSSR count). The third kappa shape index (κ3) is 22.4. The summed E-state index contributed by atoms with van der Waals surface area (Å²) in [5, 5.41) is 19.8. The van der Waals surface area contributed by atoms with E-state index in [0.29, 0.717) is 24.0 Å². The van der Waals surface area contributed by atoms with Crippen molar-refractivity contribution in [2.75, 3.05) is 19.0 Å². The molecule has 554 valence electrons. The molecule has 0 fully saturated rings. The fourth-order valence-electron chi connectivity index (χ4n) is 13.2. The maximum Gasteiger partial charge on any atom is 0.256 e. The van der Waals surface area contributed by atoms with Crippen molar-refractivity contribution in [3.8, 4) is 22.6 Å². The summed E-state index contributed by atoms with van der Waals surface area (Å²) in [4.78, 5) is 13.0. The van der Waals surface area contributed by atoms with Crippen LogP contribution < -0.4 is 78.4 Å². The van der Waals surface area contributed by atoms with Crippen LogP contribution in [0.2, 0.25) is 0 Å². The zero-order chi connectivity index (χ0) is 76.1. The van der Waals surface area contributed by atoms with Gasteiger partial charge in [-0.05, 0) is 178 Å². The van der Waals surface area contributed by atoms with E-state index in [-0.39, 0.29) is 26.3 Å². The monoisotopic (exact) mass is 1610 g/mol. The first-order chi connectivity index (χ1) is 54.1. The molecule has 0 spiro atoms. The Morgan fingerprint density at radius 3 is 0.802 bits per heavy atom. The van der Waals surface area contributed by atoms with Gasteiger partial charge in [0, 0.05) is 37.2 Å². The molecule has 0 saturated carbocycles. The number of hydrogen-bond donors (Lipinski definition) is 1. The third-order valence-electron chi connectivity index (χ3n) is 18.4. The SMILES string of the molecule is CCOc1cccc(-c2ccc3c(c2)NC(=O)C3=Cc2cc(C(C)C)c(OC)c(C(C)C)c2)c1.[Pd].c1ccc(P(c2ccccc2)c2ccccc2)cc1.c1ccc(P(c2ccccc2)c2ccccc2)cc1.c1ccc(P(c2ccccc2)c2ccccc2)cc1.c1ccc(P(c2ccccc2)c2ccccc2)cc1. The summed E-state index contributed by atoms with van der Waals surface area (Å²) in [5.74, 6) is 2.33. The molecule has 1 aliphatic heterocycles. The number of anilines is 1. The van der Waals surface area contributed by atoms with Crippen molar-refractivity contribution in [1.82, 2.24) is 0 Å². The third-order valence-corrected chi connectivity index (χ3v) is 28.2. The molecule has 111 heavy (non-hydrogen) atoms. The van der Waals surface area contributed by atoms with E-state index in [0.717, 1.165) is 50.6 Å². The molecule has 0 unspecified atom stereocenters. The van der Waals surface area contributed by atoms with Crippen LogP contribution >= 0.6 is 31.7 Å². The van der Waals surface area contributed by atoms with Gasteiger partial charge in [-0.15, -0.1) is 0 Å². The molecule has 1 amide bonds. The van der Waals surface area contributed by atoms with Gasteiger partial charge in [-0.3, -0.25) is 4.79 Å². The number of benzene rings is 15. The number of rotatable bonds is 19. The molecule has 0 saturated heterocycles. The van der Waals surface area contributed by atoms with Crippen LogP contribution in [0.5, 0.6) is 11.5 Å². The summed E-state index contributed by atoms with van der Waals surface area (Å²) in [6.45, 7) is 11.3.